The Hall–Kier alpha value is -1.79. The van der Waals surface area contributed by atoms with Crippen LogP contribution in [0.1, 0.15) is 5.56 Å². The summed E-state index contributed by atoms with van der Waals surface area (Å²) in [6.07, 6.45) is 2.08. The van der Waals surface area contributed by atoms with E-state index >= 15 is 0 Å². The maximum atomic E-state index is 12.9. The summed E-state index contributed by atoms with van der Waals surface area (Å²) in [6.45, 7) is -5.41. The first-order valence-electron chi connectivity index (χ1n) is 4.60. The van der Waals surface area contributed by atoms with Crippen molar-refractivity contribution in [3.63, 3.8) is 0 Å². The number of halogens is 4. The Balaban J connectivity index is 3.05. The van der Waals surface area contributed by atoms with Gasteiger partial charge in [0.25, 0.3) is 0 Å². The highest BCUT2D eigenvalue weighted by atomic mass is 19.4. The molecule has 0 aliphatic carbocycles. The standard InChI is InChI=1S/C10H8BF4O2/c1-17-10(16)5-3-7-2-4-9(12)8(6-7)11(13,14)15/h2-6H,1H3/q-1/b5-3+. The Kier molecular flexibility index (Phi) is 3.93. The molecule has 0 saturated carbocycles. The largest absolute Gasteiger partial charge is 0.512 e. The van der Waals surface area contributed by atoms with E-state index in [1.54, 1.807) is 0 Å². The van der Waals surface area contributed by atoms with Gasteiger partial charge in [0.1, 0.15) is 0 Å². The fourth-order valence-corrected chi connectivity index (χ4v) is 1.15. The molecule has 7 heteroatoms. The molecule has 1 aromatic carbocycles. The molecule has 0 aliphatic rings. The summed E-state index contributed by atoms with van der Waals surface area (Å²) in [7, 11) is 1.14. The molecular formula is C10H8BF4O2-. The highest BCUT2D eigenvalue weighted by Crippen LogP contribution is 2.13. The average Bonchev–Trinajstić information content (AvgIpc) is 2.26. The molecule has 0 spiro atoms. The average molecular weight is 247 g/mol. The molecular weight excluding hydrogens is 239 g/mol. The zero-order chi connectivity index (χ0) is 13.1. The number of carbonyl (C=O) groups is 1. The first-order valence-corrected chi connectivity index (χ1v) is 4.60. The second-order valence-electron chi connectivity index (χ2n) is 3.21. The minimum atomic E-state index is -5.41. The van der Waals surface area contributed by atoms with Crippen LogP contribution in [-0.2, 0) is 9.53 Å². The normalized spacial score (nSPS) is 11.8. The fraction of sp³-hybridized carbons (Fsp3) is 0.100. The van der Waals surface area contributed by atoms with Crippen LogP contribution in [0.25, 0.3) is 6.08 Å². The fourth-order valence-electron chi connectivity index (χ4n) is 1.15. The molecule has 1 aromatic rings. The lowest BCUT2D eigenvalue weighted by atomic mass is 9.79. The zero-order valence-electron chi connectivity index (χ0n) is 8.79. The number of carbonyl (C=O) groups excluding carboxylic acids is 1. The van der Waals surface area contributed by atoms with Crippen molar-refractivity contribution in [3.05, 3.63) is 35.7 Å². The molecule has 0 fully saturated rings. The van der Waals surface area contributed by atoms with E-state index in [-0.39, 0.29) is 5.56 Å². The lowest BCUT2D eigenvalue weighted by Gasteiger charge is -2.16. The summed E-state index contributed by atoms with van der Waals surface area (Å²) in [6, 6.07) is 2.50. The molecule has 0 aromatic heterocycles. The van der Waals surface area contributed by atoms with Crippen molar-refractivity contribution in [2.75, 3.05) is 7.11 Å². The highest BCUT2D eigenvalue weighted by molar-refractivity contribution is 6.73. The van der Waals surface area contributed by atoms with E-state index in [9.17, 15) is 22.1 Å². The summed E-state index contributed by atoms with van der Waals surface area (Å²) in [5.41, 5.74) is -1.23. The van der Waals surface area contributed by atoms with E-state index in [2.05, 4.69) is 4.74 Å². The van der Waals surface area contributed by atoms with Crippen LogP contribution >= 0.6 is 0 Å². The summed E-state index contributed by atoms with van der Waals surface area (Å²) in [4.78, 5) is 10.7. The molecule has 0 atom stereocenters. The van der Waals surface area contributed by atoms with Gasteiger partial charge in [-0.1, -0.05) is 17.6 Å². The van der Waals surface area contributed by atoms with Gasteiger partial charge in [-0.3, -0.25) is 0 Å². The van der Waals surface area contributed by atoms with E-state index in [1.165, 1.54) is 0 Å². The van der Waals surface area contributed by atoms with Crippen LogP contribution in [0.3, 0.4) is 0 Å². The minimum absolute atomic E-state index is 0.0750. The molecule has 0 heterocycles. The number of rotatable bonds is 3. The van der Waals surface area contributed by atoms with Crippen molar-refractivity contribution in [2.24, 2.45) is 0 Å². The Bertz CT molecular complexity index is 454. The van der Waals surface area contributed by atoms with E-state index in [4.69, 9.17) is 0 Å². The number of ether oxygens (including phenoxy) is 1. The monoisotopic (exact) mass is 247 g/mol. The Morgan fingerprint density at radius 2 is 2.00 bits per heavy atom. The van der Waals surface area contributed by atoms with Crippen LogP contribution in [0.5, 0.6) is 0 Å². The van der Waals surface area contributed by atoms with Gasteiger partial charge in [0.15, 0.2) is 0 Å². The first kappa shape index (κ1) is 13.3. The third kappa shape index (κ3) is 3.62. The lowest BCUT2D eigenvalue weighted by Crippen LogP contribution is -2.36. The predicted molar refractivity (Wildman–Crippen MR) is 56.2 cm³/mol. The van der Waals surface area contributed by atoms with E-state index in [1.807, 2.05) is 0 Å². The number of methoxy groups -OCH3 is 1. The van der Waals surface area contributed by atoms with Crippen molar-refractivity contribution in [1.82, 2.24) is 0 Å². The van der Waals surface area contributed by atoms with Crippen LogP contribution in [0, 0.1) is 5.82 Å². The quantitative estimate of drug-likeness (QED) is 0.353. The molecule has 17 heavy (non-hydrogen) atoms. The van der Waals surface area contributed by atoms with Gasteiger partial charge in [0, 0.05) is 6.08 Å². The highest BCUT2D eigenvalue weighted by Gasteiger charge is 2.28. The van der Waals surface area contributed by atoms with Gasteiger partial charge in [0.05, 0.1) is 12.9 Å². The van der Waals surface area contributed by atoms with E-state index in [0.717, 1.165) is 25.3 Å². The maximum absolute atomic E-state index is 12.9. The minimum Gasteiger partial charge on any atom is -0.466 e. The van der Waals surface area contributed by atoms with Crippen LogP contribution in [0.4, 0.5) is 17.3 Å². The van der Waals surface area contributed by atoms with Gasteiger partial charge in [0.2, 0.25) is 0 Å². The molecule has 2 nitrogen and oxygen atoms in total. The molecule has 0 aliphatic heterocycles. The summed E-state index contributed by atoms with van der Waals surface area (Å²) >= 11 is 0. The van der Waals surface area contributed by atoms with E-state index < -0.39 is 24.2 Å². The van der Waals surface area contributed by atoms with Crippen LogP contribution in [-0.4, -0.2) is 20.1 Å². The summed E-state index contributed by atoms with van der Waals surface area (Å²) < 4.78 is 54.4. The SMILES string of the molecule is COC(=O)/C=C/c1ccc(F)c([B-](F)(F)F)c1. The topological polar surface area (TPSA) is 26.3 Å². The van der Waals surface area contributed by atoms with Gasteiger partial charge in [-0.05, 0) is 17.7 Å². The Morgan fingerprint density at radius 1 is 1.35 bits per heavy atom. The zero-order valence-corrected chi connectivity index (χ0v) is 8.79. The van der Waals surface area contributed by atoms with Crippen molar-refractivity contribution < 1.29 is 26.9 Å². The summed E-state index contributed by atoms with van der Waals surface area (Å²) in [5, 5.41) is 0. The van der Waals surface area contributed by atoms with Crippen molar-refractivity contribution in [2.45, 2.75) is 0 Å². The molecule has 0 bridgehead atoms. The van der Waals surface area contributed by atoms with Gasteiger partial charge in [-0.25, -0.2) is 9.18 Å². The van der Waals surface area contributed by atoms with Gasteiger partial charge in [-0.2, -0.15) is 0 Å². The number of hydrogen-bond donors (Lipinski definition) is 0. The predicted octanol–water partition coefficient (Wildman–Crippen LogP) is 2.07. The van der Waals surface area contributed by atoms with Crippen molar-refractivity contribution >= 4 is 24.5 Å². The molecule has 0 saturated heterocycles. The second kappa shape index (κ2) is 5.03. The number of esters is 1. The Labute approximate surface area is 94.9 Å². The number of hydrogen-bond acceptors (Lipinski definition) is 2. The molecule has 0 unspecified atom stereocenters. The molecule has 0 amide bonds. The van der Waals surface area contributed by atoms with Gasteiger partial charge in [-0.15, -0.1) is 0 Å². The third-order valence-electron chi connectivity index (χ3n) is 1.99. The number of benzene rings is 1. The summed E-state index contributed by atoms with van der Waals surface area (Å²) in [5.74, 6) is -2.03. The lowest BCUT2D eigenvalue weighted by molar-refractivity contribution is -0.134. The van der Waals surface area contributed by atoms with Crippen molar-refractivity contribution in [1.29, 1.82) is 0 Å². The third-order valence-corrected chi connectivity index (χ3v) is 1.99. The second-order valence-corrected chi connectivity index (χ2v) is 3.21. The van der Waals surface area contributed by atoms with Crippen LogP contribution in [0.15, 0.2) is 24.3 Å². The molecule has 0 N–H and O–H groups in total. The smallest absolute Gasteiger partial charge is 0.466 e. The maximum Gasteiger partial charge on any atom is 0.512 e. The van der Waals surface area contributed by atoms with E-state index in [0.29, 0.717) is 12.1 Å². The van der Waals surface area contributed by atoms with Gasteiger partial charge >= 0.3 is 12.9 Å². The van der Waals surface area contributed by atoms with Crippen molar-refractivity contribution in [3.8, 4) is 0 Å². The Morgan fingerprint density at radius 3 is 2.53 bits per heavy atom. The molecule has 92 valence electrons. The first-order chi connectivity index (χ1) is 7.84. The van der Waals surface area contributed by atoms with Crippen LogP contribution in [0.2, 0.25) is 0 Å². The van der Waals surface area contributed by atoms with Crippen LogP contribution < -0.4 is 5.46 Å². The molecule has 1 rings (SSSR count). The van der Waals surface area contributed by atoms with Gasteiger partial charge < -0.3 is 17.7 Å². The molecule has 0 radical (unpaired) electrons.